The summed E-state index contributed by atoms with van der Waals surface area (Å²) in [5.74, 6) is 2.54. The molecule has 110 valence electrons. The molecule has 5 nitrogen and oxygen atoms in total. The van der Waals surface area contributed by atoms with E-state index in [-0.39, 0.29) is 0 Å². The number of nitrogens with one attached hydrogen (secondary N) is 1. The predicted octanol–water partition coefficient (Wildman–Crippen LogP) is 2.65. The number of hydrogen-bond donors (Lipinski definition) is 2. The number of nitrogens with two attached hydrogens (primary N) is 1. The van der Waals surface area contributed by atoms with Gasteiger partial charge in [-0.05, 0) is 31.6 Å². The zero-order chi connectivity index (χ0) is 13.9. The molecule has 20 heavy (non-hydrogen) atoms. The van der Waals surface area contributed by atoms with Crippen molar-refractivity contribution in [3.63, 3.8) is 0 Å². The molecule has 2 heterocycles. The van der Waals surface area contributed by atoms with E-state index in [4.69, 9.17) is 5.73 Å². The minimum absolute atomic E-state index is 0.529. The lowest BCUT2D eigenvalue weighted by Crippen LogP contribution is -2.34. The first-order valence-electron chi connectivity index (χ1n) is 7.86. The number of aromatic nitrogens is 2. The summed E-state index contributed by atoms with van der Waals surface area (Å²) in [6.07, 6.45) is 9.13. The predicted molar refractivity (Wildman–Crippen MR) is 82.9 cm³/mol. The van der Waals surface area contributed by atoms with Crippen molar-refractivity contribution in [3.8, 4) is 0 Å². The van der Waals surface area contributed by atoms with Gasteiger partial charge in [-0.15, -0.1) is 0 Å². The van der Waals surface area contributed by atoms with Crippen molar-refractivity contribution in [3.05, 3.63) is 6.33 Å². The van der Waals surface area contributed by atoms with Gasteiger partial charge in [0.15, 0.2) is 11.6 Å². The Morgan fingerprint density at radius 2 is 1.85 bits per heavy atom. The van der Waals surface area contributed by atoms with Gasteiger partial charge in [-0.25, -0.2) is 9.97 Å². The molecular weight excluding hydrogens is 250 g/mol. The number of hydrogen-bond acceptors (Lipinski definition) is 5. The summed E-state index contributed by atoms with van der Waals surface area (Å²) in [5, 5.41) is 3.49. The molecule has 1 saturated heterocycles. The van der Waals surface area contributed by atoms with E-state index in [2.05, 4.69) is 27.1 Å². The van der Waals surface area contributed by atoms with E-state index < -0.39 is 0 Å². The van der Waals surface area contributed by atoms with Gasteiger partial charge in [-0.2, -0.15) is 0 Å². The Hall–Kier alpha value is -1.52. The average Bonchev–Trinajstić information content (AvgIpc) is 2.95. The van der Waals surface area contributed by atoms with Gasteiger partial charge in [0.05, 0.1) is 0 Å². The van der Waals surface area contributed by atoms with Gasteiger partial charge in [-0.3, -0.25) is 0 Å². The molecule has 2 fully saturated rings. The van der Waals surface area contributed by atoms with Crippen molar-refractivity contribution in [1.29, 1.82) is 0 Å². The maximum Gasteiger partial charge on any atom is 0.157 e. The third kappa shape index (κ3) is 2.81. The van der Waals surface area contributed by atoms with Crippen LogP contribution in [0.5, 0.6) is 0 Å². The molecule has 0 aromatic carbocycles. The number of piperidine rings is 1. The van der Waals surface area contributed by atoms with Crippen molar-refractivity contribution in [2.24, 2.45) is 5.92 Å². The van der Waals surface area contributed by atoms with Gasteiger partial charge >= 0.3 is 0 Å². The molecule has 3 N–H and O–H groups in total. The molecule has 2 aliphatic rings. The molecule has 1 aliphatic carbocycles. The molecule has 3 rings (SSSR count). The fourth-order valence-electron chi connectivity index (χ4n) is 3.24. The van der Waals surface area contributed by atoms with Gasteiger partial charge in [-0.1, -0.05) is 19.8 Å². The molecule has 1 aliphatic heterocycles. The maximum atomic E-state index is 6.30. The van der Waals surface area contributed by atoms with Crippen molar-refractivity contribution < 1.29 is 0 Å². The summed E-state index contributed by atoms with van der Waals surface area (Å²) in [7, 11) is 0. The van der Waals surface area contributed by atoms with E-state index in [0.29, 0.717) is 11.7 Å². The minimum atomic E-state index is 0.529. The smallest absolute Gasteiger partial charge is 0.157 e. The lowest BCUT2D eigenvalue weighted by Gasteiger charge is -2.32. The van der Waals surface area contributed by atoms with E-state index in [1.165, 1.54) is 38.5 Å². The molecule has 0 amide bonds. The van der Waals surface area contributed by atoms with Crippen molar-refractivity contribution in [2.45, 2.75) is 51.5 Å². The maximum absolute atomic E-state index is 6.30. The molecule has 5 heteroatoms. The Kier molecular flexibility index (Phi) is 3.94. The Morgan fingerprint density at radius 3 is 2.55 bits per heavy atom. The Labute approximate surface area is 121 Å². The first-order valence-corrected chi connectivity index (χ1v) is 7.86. The molecule has 1 aromatic heterocycles. The highest BCUT2D eigenvalue weighted by molar-refractivity contribution is 5.75. The van der Waals surface area contributed by atoms with E-state index in [1.807, 2.05) is 0 Å². The van der Waals surface area contributed by atoms with Gasteiger partial charge in [0.25, 0.3) is 0 Å². The molecule has 1 saturated carbocycles. The second-order valence-corrected chi connectivity index (χ2v) is 6.25. The Bertz CT molecular complexity index is 448. The SMILES string of the molecule is CC1CCN(c2ncnc(NC3CCCC3)c2N)CC1. The highest BCUT2D eigenvalue weighted by Crippen LogP contribution is 2.31. The summed E-state index contributed by atoms with van der Waals surface area (Å²) in [5.41, 5.74) is 7.01. The van der Waals surface area contributed by atoms with Crippen LogP contribution in [0.3, 0.4) is 0 Å². The highest BCUT2D eigenvalue weighted by atomic mass is 15.2. The number of nitrogens with zero attached hydrogens (tertiary/aromatic N) is 3. The summed E-state index contributed by atoms with van der Waals surface area (Å²) >= 11 is 0. The minimum Gasteiger partial charge on any atom is -0.393 e. The molecular formula is C15H25N5. The Morgan fingerprint density at radius 1 is 1.15 bits per heavy atom. The lowest BCUT2D eigenvalue weighted by molar-refractivity contribution is 0.437. The summed E-state index contributed by atoms with van der Waals surface area (Å²) < 4.78 is 0. The zero-order valence-corrected chi connectivity index (χ0v) is 12.3. The normalized spacial score (nSPS) is 21.4. The van der Waals surface area contributed by atoms with Gasteiger partial charge in [0, 0.05) is 19.1 Å². The second kappa shape index (κ2) is 5.85. The van der Waals surface area contributed by atoms with Gasteiger partial charge in [0.2, 0.25) is 0 Å². The second-order valence-electron chi connectivity index (χ2n) is 6.25. The number of nitrogen functional groups attached to an aromatic ring is 1. The van der Waals surface area contributed by atoms with Crippen LogP contribution in [-0.2, 0) is 0 Å². The van der Waals surface area contributed by atoms with Crippen LogP contribution in [0.4, 0.5) is 17.3 Å². The average molecular weight is 275 g/mol. The standard InChI is InChI=1S/C15H25N5/c1-11-6-8-20(9-7-11)15-13(16)14(17-10-18-15)19-12-4-2-3-5-12/h10-12H,2-9,16H2,1H3,(H,17,18,19). The van der Waals surface area contributed by atoms with Crippen molar-refractivity contribution >= 4 is 17.3 Å². The molecule has 1 aromatic rings. The largest absolute Gasteiger partial charge is 0.393 e. The molecule has 0 spiro atoms. The molecule has 0 unspecified atom stereocenters. The monoisotopic (exact) mass is 275 g/mol. The van der Waals surface area contributed by atoms with Crippen LogP contribution in [0, 0.1) is 5.92 Å². The summed E-state index contributed by atoms with van der Waals surface area (Å²) in [6, 6.07) is 0.529. The summed E-state index contributed by atoms with van der Waals surface area (Å²) in [6.45, 7) is 4.41. The van der Waals surface area contributed by atoms with Crippen LogP contribution in [0.1, 0.15) is 45.4 Å². The van der Waals surface area contributed by atoms with Crippen LogP contribution in [0.15, 0.2) is 6.33 Å². The third-order valence-corrected chi connectivity index (χ3v) is 4.64. The summed E-state index contributed by atoms with van der Waals surface area (Å²) in [4.78, 5) is 11.1. The lowest BCUT2D eigenvalue weighted by atomic mass is 9.99. The van der Waals surface area contributed by atoms with E-state index in [1.54, 1.807) is 6.33 Å². The van der Waals surface area contributed by atoms with Crippen LogP contribution < -0.4 is 16.0 Å². The van der Waals surface area contributed by atoms with E-state index >= 15 is 0 Å². The van der Waals surface area contributed by atoms with Gasteiger partial charge in [0.1, 0.15) is 12.0 Å². The van der Waals surface area contributed by atoms with Crippen LogP contribution in [0.2, 0.25) is 0 Å². The molecule has 0 radical (unpaired) electrons. The highest BCUT2D eigenvalue weighted by Gasteiger charge is 2.22. The number of rotatable bonds is 3. The first kappa shape index (κ1) is 13.5. The van der Waals surface area contributed by atoms with Crippen molar-refractivity contribution in [1.82, 2.24) is 9.97 Å². The van der Waals surface area contributed by atoms with Crippen molar-refractivity contribution in [2.75, 3.05) is 29.0 Å². The Balaban J connectivity index is 1.74. The topological polar surface area (TPSA) is 67.1 Å². The number of anilines is 3. The fourth-order valence-corrected chi connectivity index (χ4v) is 3.24. The van der Waals surface area contributed by atoms with E-state index in [0.717, 1.165) is 30.6 Å². The quantitative estimate of drug-likeness (QED) is 0.887. The van der Waals surface area contributed by atoms with Crippen LogP contribution in [-0.4, -0.2) is 29.1 Å². The zero-order valence-electron chi connectivity index (χ0n) is 12.3. The van der Waals surface area contributed by atoms with Gasteiger partial charge < -0.3 is 16.0 Å². The first-order chi connectivity index (χ1) is 9.74. The molecule has 0 bridgehead atoms. The van der Waals surface area contributed by atoms with Crippen LogP contribution >= 0.6 is 0 Å². The third-order valence-electron chi connectivity index (χ3n) is 4.64. The molecule has 0 atom stereocenters. The van der Waals surface area contributed by atoms with E-state index in [9.17, 15) is 0 Å². The van der Waals surface area contributed by atoms with Crippen LogP contribution in [0.25, 0.3) is 0 Å². The fraction of sp³-hybridized carbons (Fsp3) is 0.733.